The van der Waals surface area contributed by atoms with Gasteiger partial charge in [0.15, 0.2) is 0 Å². The van der Waals surface area contributed by atoms with Crippen molar-refractivity contribution >= 4 is 17.5 Å². The third-order valence-corrected chi connectivity index (χ3v) is 4.85. The van der Waals surface area contributed by atoms with E-state index in [1.807, 2.05) is 59.5 Å². The summed E-state index contributed by atoms with van der Waals surface area (Å²) >= 11 is 5.98. The molecular weight excluding hydrogens is 334 g/mol. The quantitative estimate of drug-likeness (QED) is 0.779. The van der Waals surface area contributed by atoms with E-state index in [1.54, 1.807) is 0 Å². The summed E-state index contributed by atoms with van der Waals surface area (Å²) in [7, 11) is 0. The van der Waals surface area contributed by atoms with Gasteiger partial charge in [-0.05, 0) is 17.7 Å². The van der Waals surface area contributed by atoms with Crippen LogP contribution in [-0.4, -0.2) is 27.5 Å². The highest BCUT2D eigenvalue weighted by Gasteiger charge is 2.25. The zero-order chi connectivity index (χ0) is 17.2. The molecule has 0 spiro atoms. The van der Waals surface area contributed by atoms with Crippen LogP contribution in [0.5, 0.6) is 0 Å². The SMILES string of the molecule is O=C(Cc1ccccc1)N1CCc2[nH]nc(-c3ccc(Cl)cc3)c2C1. The molecule has 4 rings (SSSR count). The second-order valence-corrected chi connectivity index (χ2v) is 6.70. The van der Waals surface area contributed by atoms with Crippen molar-refractivity contribution in [3.63, 3.8) is 0 Å². The van der Waals surface area contributed by atoms with Crippen LogP contribution >= 0.6 is 11.6 Å². The Bertz CT molecular complexity index is 887. The van der Waals surface area contributed by atoms with E-state index in [0.29, 0.717) is 18.0 Å². The van der Waals surface area contributed by atoms with Crippen LogP contribution in [-0.2, 0) is 24.2 Å². The topological polar surface area (TPSA) is 49.0 Å². The first-order valence-corrected chi connectivity index (χ1v) is 8.72. The molecule has 0 bridgehead atoms. The average Bonchev–Trinajstić information content (AvgIpc) is 3.06. The van der Waals surface area contributed by atoms with E-state index in [1.165, 1.54) is 0 Å². The summed E-state index contributed by atoms with van der Waals surface area (Å²) in [6.07, 6.45) is 1.24. The maximum atomic E-state index is 12.7. The smallest absolute Gasteiger partial charge is 0.227 e. The average molecular weight is 352 g/mol. The number of rotatable bonds is 3. The van der Waals surface area contributed by atoms with Gasteiger partial charge < -0.3 is 4.90 Å². The number of aromatic nitrogens is 2. The van der Waals surface area contributed by atoms with Crippen LogP contribution in [0.15, 0.2) is 54.6 Å². The summed E-state index contributed by atoms with van der Waals surface area (Å²) in [6, 6.07) is 17.5. The van der Waals surface area contributed by atoms with Crippen LogP contribution in [0.4, 0.5) is 0 Å². The molecule has 1 N–H and O–H groups in total. The van der Waals surface area contributed by atoms with Crippen molar-refractivity contribution in [1.29, 1.82) is 0 Å². The fourth-order valence-electron chi connectivity index (χ4n) is 3.24. The number of H-pyrrole nitrogens is 1. The number of amides is 1. The minimum absolute atomic E-state index is 0.153. The minimum Gasteiger partial charge on any atom is -0.338 e. The van der Waals surface area contributed by atoms with Crippen LogP contribution < -0.4 is 0 Å². The first kappa shape index (κ1) is 15.9. The van der Waals surface area contributed by atoms with Gasteiger partial charge in [-0.3, -0.25) is 9.89 Å². The van der Waals surface area contributed by atoms with Gasteiger partial charge in [0, 0.05) is 41.4 Å². The first-order valence-electron chi connectivity index (χ1n) is 8.34. The Kier molecular flexibility index (Phi) is 4.28. The van der Waals surface area contributed by atoms with E-state index in [9.17, 15) is 4.79 Å². The zero-order valence-electron chi connectivity index (χ0n) is 13.7. The molecule has 0 radical (unpaired) electrons. The highest BCUT2D eigenvalue weighted by molar-refractivity contribution is 6.30. The third-order valence-electron chi connectivity index (χ3n) is 4.60. The lowest BCUT2D eigenvalue weighted by Crippen LogP contribution is -2.36. The van der Waals surface area contributed by atoms with E-state index in [2.05, 4.69) is 10.2 Å². The summed E-state index contributed by atoms with van der Waals surface area (Å²) in [6.45, 7) is 1.32. The van der Waals surface area contributed by atoms with Gasteiger partial charge >= 0.3 is 0 Å². The fraction of sp³-hybridized carbons (Fsp3) is 0.200. The van der Waals surface area contributed by atoms with Gasteiger partial charge in [-0.25, -0.2) is 0 Å². The summed E-state index contributed by atoms with van der Waals surface area (Å²) in [5.41, 5.74) is 5.19. The molecule has 0 atom stereocenters. The Labute approximate surface area is 151 Å². The number of benzene rings is 2. The fourth-order valence-corrected chi connectivity index (χ4v) is 3.36. The van der Waals surface area contributed by atoms with Crippen LogP contribution in [0.25, 0.3) is 11.3 Å². The Morgan fingerprint density at radius 3 is 2.64 bits per heavy atom. The first-order chi connectivity index (χ1) is 12.2. The highest BCUT2D eigenvalue weighted by Crippen LogP contribution is 2.29. The predicted octanol–water partition coefficient (Wildman–Crippen LogP) is 3.86. The predicted molar refractivity (Wildman–Crippen MR) is 98.3 cm³/mol. The van der Waals surface area contributed by atoms with Gasteiger partial charge in [0.05, 0.1) is 12.1 Å². The Hall–Kier alpha value is -2.59. The van der Waals surface area contributed by atoms with Crippen molar-refractivity contribution in [1.82, 2.24) is 15.1 Å². The lowest BCUT2D eigenvalue weighted by Gasteiger charge is -2.27. The van der Waals surface area contributed by atoms with Crippen LogP contribution in [0, 0.1) is 0 Å². The van der Waals surface area contributed by atoms with E-state index in [4.69, 9.17) is 11.6 Å². The second-order valence-electron chi connectivity index (χ2n) is 6.26. The number of nitrogens with zero attached hydrogens (tertiary/aromatic N) is 2. The molecule has 3 aromatic rings. The van der Waals surface area contributed by atoms with Crippen molar-refractivity contribution in [2.45, 2.75) is 19.4 Å². The molecule has 1 aliphatic rings. The van der Waals surface area contributed by atoms with Crippen molar-refractivity contribution < 1.29 is 4.79 Å². The molecule has 1 aromatic heterocycles. The molecule has 0 unspecified atom stereocenters. The van der Waals surface area contributed by atoms with Gasteiger partial charge in [-0.1, -0.05) is 54.1 Å². The van der Waals surface area contributed by atoms with Crippen molar-refractivity contribution in [2.24, 2.45) is 0 Å². The van der Waals surface area contributed by atoms with Crippen LogP contribution in [0.2, 0.25) is 5.02 Å². The molecule has 2 aromatic carbocycles. The van der Waals surface area contributed by atoms with Crippen LogP contribution in [0.3, 0.4) is 0 Å². The molecule has 25 heavy (non-hydrogen) atoms. The zero-order valence-corrected chi connectivity index (χ0v) is 14.5. The minimum atomic E-state index is 0.153. The van der Waals surface area contributed by atoms with Crippen molar-refractivity contribution in [2.75, 3.05) is 6.54 Å². The Morgan fingerprint density at radius 1 is 1.12 bits per heavy atom. The normalized spacial score (nSPS) is 13.6. The molecule has 126 valence electrons. The number of nitrogens with one attached hydrogen (secondary N) is 1. The van der Waals surface area contributed by atoms with Crippen molar-refractivity contribution in [3.8, 4) is 11.3 Å². The summed E-state index contributed by atoms with van der Waals surface area (Å²) in [5, 5.41) is 8.30. The number of hydrogen-bond acceptors (Lipinski definition) is 2. The van der Waals surface area contributed by atoms with Gasteiger partial charge in [0.2, 0.25) is 5.91 Å². The Morgan fingerprint density at radius 2 is 1.88 bits per heavy atom. The highest BCUT2D eigenvalue weighted by atomic mass is 35.5. The third kappa shape index (κ3) is 3.30. The van der Waals surface area contributed by atoms with E-state index in [0.717, 1.165) is 41.0 Å². The molecule has 5 heteroatoms. The number of carbonyl (C=O) groups is 1. The van der Waals surface area contributed by atoms with Crippen molar-refractivity contribution in [3.05, 3.63) is 76.4 Å². The summed E-state index contributed by atoms with van der Waals surface area (Å²) < 4.78 is 0. The Balaban J connectivity index is 1.55. The van der Waals surface area contributed by atoms with Gasteiger partial charge in [0.1, 0.15) is 0 Å². The van der Waals surface area contributed by atoms with Gasteiger partial charge in [0.25, 0.3) is 0 Å². The van der Waals surface area contributed by atoms with Gasteiger partial charge in [-0.15, -0.1) is 0 Å². The molecule has 0 saturated carbocycles. The molecule has 0 aliphatic carbocycles. The largest absolute Gasteiger partial charge is 0.338 e. The van der Waals surface area contributed by atoms with E-state index >= 15 is 0 Å². The van der Waals surface area contributed by atoms with E-state index < -0.39 is 0 Å². The number of aromatic amines is 1. The molecular formula is C20H18ClN3O. The number of fused-ring (bicyclic) bond motifs is 1. The monoisotopic (exact) mass is 351 g/mol. The maximum Gasteiger partial charge on any atom is 0.227 e. The maximum absolute atomic E-state index is 12.7. The lowest BCUT2D eigenvalue weighted by molar-refractivity contribution is -0.131. The molecule has 1 aliphatic heterocycles. The second kappa shape index (κ2) is 6.73. The summed E-state index contributed by atoms with van der Waals surface area (Å²) in [4.78, 5) is 14.6. The van der Waals surface area contributed by atoms with E-state index in [-0.39, 0.29) is 5.91 Å². The molecule has 1 amide bonds. The molecule has 0 saturated heterocycles. The molecule has 0 fully saturated rings. The molecule has 4 nitrogen and oxygen atoms in total. The molecule has 2 heterocycles. The lowest BCUT2D eigenvalue weighted by atomic mass is 10.0. The number of hydrogen-bond donors (Lipinski definition) is 1. The van der Waals surface area contributed by atoms with Gasteiger partial charge in [-0.2, -0.15) is 5.10 Å². The standard InChI is InChI=1S/C20H18ClN3O/c21-16-8-6-15(7-9-16)20-17-13-24(11-10-18(17)22-23-20)19(25)12-14-4-2-1-3-5-14/h1-9H,10-13H2,(H,22,23). The number of halogens is 1. The van der Waals surface area contributed by atoms with Crippen LogP contribution in [0.1, 0.15) is 16.8 Å². The summed E-state index contributed by atoms with van der Waals surface area (Å²) in [5.74, 6) is 0.153. The number of carbonyl (C=O) groups excluding carboxylic acids is 1.